The van der Waals surface area contributed by atoms with Crippen LogP contribution in [0.15, 0.2) is 42.6 Å². The monoisotopic (exact) mass is 295 g/mol. The van der Waals surface area contributed by atoms with Gasteiger partial charge in [0, 0.05) is 18.9 Å². The average Bonchev–Trinajstić information content (AvgIpc) is 2.46. The number of carbonyl (C=O) groups is 1. The molecule has 2 N–H and O–H groups in total. The first kappa shape index (κ1) is 14.8. The molecule has 1 aromatic carbocycles. The molecular formula is C14H12F3N3O. The highest BCUT2D eigenvalue weighted by Gasteiger charge is 2.32. The summed E-state index contributed by atoms with van der Waals surface area (Å²) >= 11 is 0. The SMILES string of the molecule is CN(C(=O)c1cc(C(F)(F)F)ccc1N)c1ccccn1. The molecule has 0 spiro atoms. The number of aromatic nitrogens is 1. The highest BCUT2D eigenvalue weighted by atomic mass is 19.4. The quantitative estimate of drug-likeness (QED) is 0.867. The Hall–Kier alpha value is -2.57. The molecule has 0 atom stereocenters. The second-order valence-electron chi connectivity index (χ2n) is 4.35. The van der Waals surface area contributed by atoms with E-state index < -0.39 is 17.6 Å². The molecule has 0 unspecified atom stereocenters. The maximum absolute atomic E-state index is 12.7. The van der Waals surface area contributed by atoms with E-state index in [4.69, 9.17) is 5.73 Å². The number of benzene rings is 1. The van der Waals surface area contributed by atoms with Crippen LogP contribution in [0.5, 0.6) is 0 Å². The number of halogens is 3. The molecule has 7 heteroatoms. The van der Waals surface area contributed by atoms with Gasteiger partial charge < -0.3 is 5.73 Å². The molecule has 2 aromatic rings. The van der Waals surface area contributed by atoms with E-state index in [2.05, 4.69) is 4.98 Å². The van der Waals surface area contributed by atoms with E-state index >= 15 is 0 Å². The number of alkyl halides is 3. The van der Waals surface area contributed by atoms with Crippen molar-refractivity contribution in [3.8, 4) is 0 Å². The summed E-state index contributed by atoms with van der Waals surface area (Å²) in [6.45, 7) is 0. The predicted octanol–water partition coefficient (Wildman–Crippen LogP) is 2.96. The van der Waals surface area contributed by atoms with Gasteiger partial charge in [0.25, 0.3) is 5.91 Å². The molecule has 0 aliphatic rings. The topological polar surface area (TPSA) is 59.2 Å². The van der Waals surface area contributed by atoms with E-state index in [0.29, 0.717) is 5.82 Å². The minimum Gasteiger partial charge on any atom is -0.398 e. The second-order valence-corrected chi connectivity index (χ2v) is 4.35. The number of anilines is 2. The van der Waals surface area contributed by atoms with Crippen molar-refractivity contribution < 1.29 is 18.0 Å². The fraction of sp³-hybridized carbons (Fsp3) is 0.143. The molecule has 0 aliphatic heterocycles. The summed E-state index contributed by atoms with van der Waals surface area (Å²) in [4.78, 5) is 17.4. The predicted molar refractivity (Wildman–Crippen MR) is 72.8 cm³/mol. The van der Waals surface area contributed by atoms with Crippen LogP contribution in [0.1, 0.15) is 15.9 Å². The number of hydrogen-bond donors (Lipinski definition) is 1. The fourth-order valence-electron chi connectivity index (χ4n) is 1.75. The third-order valence-corrected chi connectivity index (χ3v) is 2.91. The fourth-order valence-corrected chi connectivity index (χ4v) is 1.75. The Balaban J connectivity index is 2.39. The lowest BCUT2D eigenvalue weighted by molar-refractivity contribution is -0.137. The van der Waals surface area contributed by atoms with Crippen molar-refractivity contribution in [1.82, 2.24) is 4.98 Å². The molecule has 0 radical (unpaired) electrons. The molecule has 110 valence electrons. The number of rotatable bonds is 2. The van der Waals surface area contributed by atoms with Crippen LogP contribution in [0.4, 0.5) is 24.7 Å². The van der Waals surface area contributed by atoms with Crippen LogP contribution in [0.2, 0.25) is 0 Å². The summed E-state index contributed by atoms with van der Waals surface area (Å²) in [5, 5.41) is 0. The highest BCUT2D eigenvalue weighted by molar-refractivity contribution is 6.08. The molecule has 0 saturated carbocycles. The van der Waals surface area contributed by atoms with Crippen LogP contribution in [0, 0.1) is 0 Å². The normalized spacial score (nSPS) is 11.2. The lowest BCUT2D eigenvalue weighted by Gasteiger charge is -2.18. The molecule has 0 saturated heterocycles. The van der Waals surface area contributed by atoms with Gasteiger partial charge >= 0.3 is 6.18 Å². The van der Waals surface area contributed by atoms with Crippen molar-refractivity contribution >= 4 is 17.4 Å². The highest BCUT2D eigenvalue weighted by Crippen LogP contribution is 2.31. The van der Waals surface area contributed by atoms with Gasteiger partial charge in [-0.3, -0.25) is 9.69 Å². The van der Waals surface area contributed by atoms with Gasteiger partial charge in [0.2, 0.25) is 0 Å². The van der Waals surface area contributed by atoms with Crippen molar-refractivity contribution in [3.05, 3.63) is 53.7 Å². The first-order valence-corrected chi connectivity index (χ1v) is 5.96. The maximum atomic E-state index is 12.7. The van der Waals surface area contributed by atoms with Gasteiger partial charge in [0.15, 0.2) is 0 Å². The van der Waals surface area contributed by atoms with Crippen molar-refractivity contribution in [2.75, 3.05) is 17.7 Å². The van der Waals surface area contributed by atoms with Gasteiger partial charge in [-0.15, -0.1) is 0 Å². The largest absolute Gasteiger partial charge is 0.416 e. The average molecular weight is 295 g/mol. The zero-order chi connectivity index (χ0) is 15.6. The van der Waals surface area contributed by atoms with E-state index in [1.165, 1.54) is 13.2 Å². The van der Waals surface area contributed by atoms with Crippen LogP contribution >= 0.6 is 0 Å². The number of amides is 1. The van der Waals surface area contributed by atoms with E-state index in [1.807, 2.05) is 0 Å². The third kappa shape index (κ3) is 3.13. The summed E-state index contributed by atoms with van der Waals surface area (Å²) < 4.78 is 38.1. The van der Waals surface area contributed by atoms with Crippen molar-refractivity contribution in [1.29, 1.82) is 0 Å². The van der Waals surface area contributed by atoms with Crippen LogP contribution in [-0.2, 0) is 6.18 Å². The molecule has 0 bridgehead atoms. The lowest BCUT2D eigenvalue weighted by atomic mass is 10.1. The molecule has 0 fully saturated rings. The summed E-state index contributed by atoms with van der Waals surface area (Å²) in [5.74, 6) is -0.336. The van der Waals surface area contributed by atoms with Crippen LogP contribution in [0.3, 0.4) is 0 Å². The molecule has 1 amide bonds. The Morgan fingerprint density at radius 2 is 1.95 bits per heavy atom. The van der Waals surface area contributed by atoms with Gasteiger partial charge in [-0.25, -0.2) is 4.98 Å². The summed E-state index contributed by atoms with van der Waals surface area (Å²) in [5.41, 5.74) is 4.46. The van der Waals surface area contributed by atoms with E-state index in [1.54, 1.807) is 18.2 Å². The van der Waals surface area contributed by atoms with Gasteiger partial charge in [0.1, 0.15) is 5.82 Å². The molecule has 2 rings (SSSR count). The summed E-state index contributed by atoms with van der Waals surface area (Å²) in [6, 6.07) is 7.57. The number of carbonyl (C=O) groups excluding carboxylic acids is 1. The number of hydrogen-bond acceptors (Lipinski definition) is 3. The van der Waals surface area contributed by atoms with E-state index in [9.17, 15) is 18.0 Å². The van der Waals surface area contributed by atoms with Crippen LogP contribution in [0.25, 0.3) is 0 Å². The molecular weight excluding hydrogens is 283 g/mol. The Morgan fingerprint density at radius 3 is 2.52 bits per heavy atom. The molecule has 1 aromatic heterocycles. The van der Waals surface area contributed by atoms with Gasteiger partial charge in [-0.1, -0.05) is 6.07 Å². The van der Waals surface area contributed by atoms with Gasteiger partial charge in [-0.05, 0) is 30.3 Å². The molecule has 1 heterocycles. The standard InChI is InChI=1S/C14H12F3N3O/c1-20(12-4-2-3-7-19-12)13(21)10-8-9(14(15,16)17)5-6-11(10)18/h2-8H,18H2,1H3. The summed E-state index contributed by atoms with van der Waals surface area (Å²) in [6.07, 6.45) is -3.05. The maximum Gasteiger partial charge on any atom is 0.416 e. The van der Waals surface area contributed by atoms with Crippen LogP contribution in [-0.4, -0.2) is 17.9 Å². The first-order chi connectivity index (χ1) is 9.80. The van der Waals surface area contributed by atoms with E-state index in [-0.39, 0.29) is 11.3 Å². The Labute approximate surface area is 119 Å². The number of pyridine rings is 1. The molecule has 21 heavy (non-hydrogen) atoms. The van der Waals surface area contributed by atoms with Gasteiger partial charge in [-0.2, -0.15) is 13.2 Å². The number of nitrogen functional groups attached to an aromatic ring is 1. The lowest BCUT2D eigenvalue weighted by Crippen LogP contribution is -2.28. The van der Waals surface area contributed by atoms with Crippen molar-refractivity contribution in [2.24, 2.45) is 0 Å². The smallest absolute Gasteiger partial charge is 0.398 e. The zero-order valence-electron chi connectivity index (χ0n) is 11.1. The minimum absolute atomic E-state index is 0.0178. The first-order valence-electron chi connectivity index (χ1n) is 5.96. The Bertz CT molecular complexity index is 656. The third-order valence-electron chi connectivity index (χ3n) is 2.91. The zero-order valence-corrected chi connectivity index (χ0v) is 11.1. The minimum atomic E-state index is -4.54. The Kier molecular flexibility index (Phi) is 3.84. The number of nitrogens with two attached hydrogens (primary N) is 1. The molecule has 4 nitrogen and oxygen atoms in total. The summed E-state index contributed by atoms with van der Waals surface area (Å²) in [7, 11) is 1.42. The van der Waals surface area contributed by atoms with Gasteiger partial charge in [0.05, 0.1) is 11.1 Å². The Morgan fingerprint density at radius 1 is 1.24 bits per heavy atom. The molecule has 0 aliphatic carbocycles. The van der Waals surface area contributed by atoms with Crippen LogP contribution < -0.4 is 10.6 Å². The van der Waals surface area contributed by atoms with E-state index in [0.717, 1.165) is 23.1 Å². The van der Waals surface area contributed by atoms with Crippen molar-refractivity contribution in [3.63, 3.8) is 0 Å². The second kappa shape index (κ2) is 5.43. The number of nitrogens with zero attached hydrogens (tertiary/aromatic N) is 2. The van der Waals surface area contributed by atoms with Crippen molar-refractivity contribution in [2.45, 2.75) is 6.18 Å².